The monoisotopic (exact) mass is 422 g/mol. The Hall–Kier alpha value is -1.64. The topological polar surface area (TPSA) is 95.9 Å². The summed E-state index contributed by atoms with van der Waals surface area (Å²) in [7, 11) is -3.90. The van der Waals surface area contributed by atoms with Crippen LogP contribution in [0.2, 0.25) is 0 Å². The summed E-state index contributed by atoms with van der Waals surface area (Å²) < 4.78 is 32.4. The number of hydrogen-bond donors (Lipinski definition) is 2. The second kappa shape index (κ2) is 6.96. The van der Waals surface area contributed by atoms with Crippen LogP contribution in [0.1, 0.15) is 50.4 Å². The molecule has 3 fully saturated rings. The average Bonchev–Trinajstić information content (AvgIpc) is 3.17. The fourth-order valence-electron chi connectivity index (χ4n) is 5.66. The maximum Gasteiger partial charge on any atom is 0.251 e. The van der Waals surface area contributed by atoms with E-state index in [4.69, 9.17) is 4.74 Å². The number of morpholine rings is 1. The number of hydrogen-bond acceptors (Lipinski definition) is 5. The molecular formula is C21H30N2O5S. The van der Waals surface area contributed by atoms with Gasteiger partial charge in [-0.25, -0.2) is 8.42 Å². The van der Waals surface area contributed by atoms with Crippen molar-refractivity contribution >= 4 is 15.9 Å². The molecule has 1 aromatic carbocycles. The Kier molecular flexibility index (Phi) is 4.95. The number of nitrogens with one attached hydrogen (secondary N) is 1. The standard InChI is InChI=1S/C21H30N2O5S/c1-20(2)15-6-7-21(3,13-15)19(20)22-18(25)14-4-5-16(24)17(12-14)29(26,27)23-8-10-28-11-9-23/h4-5,12,15,19,24H,6-11,13H2,1-3H3,(H,22,25). The Bertz CT molecular complexity index is 918. The van der Waals surface area contributed by atoms with Crippen LogP contribution < -0.4 is 5.32 Å². The second-order valence-electron chi connectivity index (χ2n) is 9.52. The van der Waals surface area contributed by atoms with E-state index in [1.165, 1.54) is 28.9 Å². The molecule has 4 rings (SSSR count). The Morgan fingerprint density at radius 2 is 1.93 bits per heavy atom. The van der Waals surface area contributed by atoms with Crippen molar-refractivity contribution in [3.63, 3.8) is 0 Å². The van der Waals surface area contributed by atoms with Gasteiger partial charge in [-0.3, -0.25) is 4.79 Å². The van der Waals surface area contributed by atoms with E-state index in [1.807, 2.05) is 0 Å². The molecule has 2 bridgehead atoms. The molecule has 3 aliphatic rings. The van der Waals surface area contributed by atoms with Crippen LogP contribution >= 0.6 is 0 Å². The molecule has 1 aromatic rings. The van der Waals surface area contributed by atoms with Gasteiger partial charge in [-0.05, 0) is 54.2 Å². The highest BCUT2D eigenvalue weighted by molar-refractivity contribution is 7.89. The molecule has 1 saturated heterocycles. The highest BCUT2D eigenvalue weighted by atomic mass is 32.2. The normalized spacial score (nSPS) is 31.7. The average molecular weight is 423 g/mol. The summed E-state index contributed by atoms with van der Waals surface area (Å²) in [5.41, 5.74) is 0.322. The molecule has 2 saturated carbocycles. The van der Waals surface area contributed by atoms with Crippen molar-refractivity contribution in [2.75, 3.05) is 26.3 Å². The van der Waals surface area contributed by atoms with Gasteiger partial charge in [0.1, 0.15) is 10.6 Å². The maximum absolute atomic E-state index is 13.1. The summed E-state index contributed by atoms with van der Waals surface area (Å²) in [5.74, 6) is -0.0505. The van der Waals surface area contributed by atoms with E-state index in [0.717, 1.165) is 12.8 Å². The molecule has 1 aliphatic heterocycles. The molecule has 3 atom stereocenters. The van der Waals surface area contributed by atoms with Crippen LogP contribution in [0.15, 0.2) is 23.1 Å². The van der Waals surface area contributed by atoms with E-state index in [0.29, 0.717) is 19.1 Å². The molecule has 8 heteroatoms. The van der Waals surface area contributed by atoms with Gasteiger partial charge in [-0.2, -0.15) is 4.31 Å². The number of aromatic hydroxyl groups is 1. The molecule has 0 aromatic heterocycles. The first-order chi connectivity index (χ1) is 13.6. The lowest BCUT2D eigenvalue weighted by atomic mass is 9.68. The number of amides is 1. The van der Waals surface area contributed by atoms with Crippen LogP contribution in [0.5, 0.6) is 5.75 Å². The lowest BCUT2D eigenvalue weighted by molar-refractivity contribution is 0.0728. The van der Waals surface area contributed by atoms with Gasteiger partial charge in [0.2, 0.25) is 10.0 Å². The van der Waals surface area contributed by atoms with Crippen LogP contribution in [0, 0.1) is 16.7 Å². The molecule has 2 aliphatic carbocycles. The molecule has 1 heterocycles. The first-order valence-electron chi connectivity index (χ1n) is 10.3. The first kappa shape index (κ1) is 20.6. The Morgan fingerprint density at radius 1 is 1.24 bits per heavy atom. The minimum atomic E-state index is -3.90. The van der Waals surface area contributed by atoms with Crippen molar-refractivity contribution in [3.05, 3.63) is 23.8 Å². The molecule has 1 amide bonds. The van der Waals surface area contributed by atoms with Gasteiger partial charge in [0.15, 0.2) is 0 Å². The lowest BCUT2D eigenvalue weighted by Gasteiger charge is -2.43. The Morgan fingerprint density at radius 3 is 2.55 bits per heavy atom. The van der Waals surface area contributed by atoms with Gasteiger partial charge >= 0.3 is 0 Å². The number of carbonyl (C=O) groups excluding carboxylic acids is 1. The van der Waals surface area contributed by atoms with Crippen molar-refractivity contribution in [2.24, 2.45) is 16.7 Å². The van der Waals surface area contributed by atoms with E-state index < -0.39 is 10.0 Å². The fourth-order valence-corrected chi connectivity index (χ4v) is 7.18. The highest BCUT2D eigenvalue weighted by Crippen LogP contribution is 2.62. The van der Waals surface area contributed by atoms with Crippen molar-refractivity contribution in [2.45, 2.75) is 51.0 Å². The number of fused-ring (bicyclic) bond motifs is 2. The molecular weight excluding hydrogens is 392 g/mol. The summed E-state index contributed by atoms with van der Waals surface area (Å²) in [5, 5.41) is 13.4. The number of rotatable bonds is 4. The number of phenols is 1. The zero-order valence-corrected chi connectivity index (χ0v) is 18.1. The summed E-state index contributed by atoms with van der Waals surface area (Å²) >= 11 is 0. The van der Waals surface area contributed by atoms with Gasteiger partial charge in [-0.15, -0.1) is 0 Å². The second-order valence-corrected chi connectivity index (χ2v) is 11.4. The third kappa shape index (κ3) is 3.35. The summed E-state index contributed by atoms with van der Waals surface area (Å²) in [4.78, 5) is 12.8. The van der Waals surface area contributed by atoms with Gasteiger partial charge in [-0.1, -0.05) is 20.8 Å². The summed E-state index contributed by atoms with van der Waals surface area (Å²) in [6.45, 7) is 7.74. The molecule has 3 unspecified atom stereocenters. The van der Waals surface area contributed by atoms with E-state index >= 15 is 0 Å². The third-order valence-corrected chi connectivity index (χ3v) is 9.28. The van der Waals surface area contributed by atoms with Crippen molar-refractivity contribution in [3.8, 4) is 5.75 Å². The van der Waals surface area contributed by atoms with Crippen molar-refractivity contribution in [1.82, 2.24) is 9.62 Å². The van der Waals surface area contributed by atoms with Crippen molar-refractivity contribution in [1.29, 1.82) is 0 Å². The molecule has 2 N–H and O–H groups in total. The van der Waals surface area contributed by atoms with Crippen molar-refractivity contribution < 1.29 is 23.1 Å². The van der Waals surface area contributed by atoms with E-state index in [1.54, 1.807) is 0 Å². The van der Waals surface area contributed by atoms with Gasteiger partial charge in [0.05, 0.1) is 13.2 Å². The quantitative estimate of drug-likeness (QED) is 0.777. The molecule has 29 heavy (non-hydrogen) atoms. The van der Waals surface area contributed by atoms with Crippen LogP contribution in [-0.2, 0) is 14.8 Å². The number of phenolic OH excluding ortho intramolecular Hbond substituents is 1. The molecule has 160 valence electrons. The summed E-state index contributed by atoms with van der Waals surface area (Å²) in [6.07, 6.45) is 3.40. The first-order valence-corrected chi connectivity index (χ1v) is 11.7. The van der Waals surface area contributed by atoms with E-state index in [-0.39, 0.29) is 52.1 Å². The number of sulfonamides is 1. The fraction of sp³-hybridized carbons (Fsp3) is 0.667. The van der Waals surface area contributed by atoms with Crippen LogP contribution in [0.4, 0.5) is 0 Å². The predicted octanol–water partition coefficient (Wildman–Crippen LogP) is 2.36. The van der Waals surface area contributed by atoms with E-state index in [9.17, 15) is 18.3 Å². The Labute approximate surface area is 172 Å². The lowest BCUT2D eigenvalue weighted by Crippen LogP contribution is -2.52. The third-order valence-electron chi connectivity index (χ3n) is 7.36. The van der Waals surface area contributed by atoms with Crippen LogP contribution in [0.25, 0.3) is 0 Å². The minimum absolute atomic E-state index is 0.00227. The number of nitrogens with zero attached hydrogens (tertiary/aromatic N) is 1. The van der Waals surface area contributed by atoms with E-state index in [2.05, 4.69) is 26.1 Å². The zero-order chi connectivity index (χ0) is 21.0. The smallest absolute Gasteiger partial charge is 0.251 e. The Balaban J connectivity index is 1.60. The molecule has 7 nitrogen and oxygen atoms in total. The number of carbonyl (C=O) groups is 1. The highest BCUT2D eigenvalue weighted by Gasteiger charge is 2.59. The summed E-state index contributed by atoms with van der Waals surface area (Å²) in [6, 6.07) is 4.09. The van der Waals surface area contributed by atoms with Gasteiger partial charge in [0, 0.05) is 24.7 Å². The number of ether oxygens (including phenoxy) is 1. The SMILES string of the molecule is CC12CCC(C1)C(C)(C)C2NC(=O)c1ccc(O)c(S(=O)(=O)N2CCOCC2)c1. The van der Waals surface area contributed by atoms with Gasteiger partial charge in [0.25, 0.3) is 5.91 Å². The van der Waals surface area contributed by atoms with Crippen LogP contribution in [-0.4, -0.2) is 56.1 Å². The largest absolute Gasteiger partial charge is 0.507 e. The number of benzene rings is 1. The minimum Gasteiger partial charge on any atom is -0.507 e. The molecule has 0 radical (unpaired) electrons. The zero-order valence-electron chi connectivity index (χ0n) is 17.3. The molecule has 0 spiro atoms. The van der Waals surface area contributed by atoms with Crippen LogP contribution in [0.3, 0.4) is 0 Å². The van der Waals surface area contributed by atoms with Gasteiger partial charge < -0.3 is 15.2 Å². The predicted molar refractivity (Wildman–Crippen MR) is 108 cm³/mol. The maximum atomic E-state index is 13.1.